The van der Waals surface area contributed by atoms with Gasteiger partial charge in [-0.15, -0.1) is 11.6 Å². The molecule has 0 radical (unpaired) electrons. The minimum absolute atomic E-state index is 0.0327. The lowest BCUT2D eigenvalue weighted by Gasteiger charge is -2.38. The molecule has 1 aromatic carbocycles. The molecule has 1 aliphatic heterocycles. The molecule has 2 aliphatic rings. The molecule has 1 saturated heterocycles. The number of aryl methyl sites for hydroxylation is 1. The molecule has 9 nitrogen and oxygen atoms in total. The van der Waals surface area contributed by atoms with E-state index in [9.17, 15) is 17.8 Å². The molecule has 0 saturated carbocycles. The second-order valence-electron chi connectivity index (χ2n) is 9.69. The molecular formula is C25H33Cl2N5O4S. The SMILES string of the molecule is CC1CCc2ncnc(N3CCN(C(=O)C(CN(CCCl)CCS(=O)(=O)O)c4ccc(Cl)cc4)CC3)c21. The van der Waals surface area contributed by atoms with Crippen molar-refractivity contribution in [3.05, 3.63) is 52.4 Å². The number of piperazine rings is 1. The summed E-state index contributed by atoms with van der Waals surface area (Å²) in [5.41, 5.74) is 3.16. The highest BCUT2D eigenvalue weighted by Gasteiger charge is 2.33. The summed E-state index contributed by atoms with van der Waals surface area (Å²) in [6.07, 6.45) is 3.70. The van der Waals surface area contributed by atoms with Crippen LogP contribution >= 0.6 is 23.2 Å². The van der Waals surface area contributed by atoms with Gasteiger partial charge in [-0.3, -0.25) is 14.2 Å². The molecule has 0 spiro atoms. The van der Waals surface area contributed by atoms with E-state index in [4.69, 9.17) is 23.2 Å². The van der Waals surface area contributed by atoms with Crippen LogP contribution in [0.2, 0.25) is 5.02 Å². The van der Waals surface area contributed by atoms with Crippen molar-refractivity contribution < 1.29 is 17.8 Å². The van der Waals surface area contributed by atoms with Crippen molar-refractivity contribution in [3.8, 4) is 0 Å². The van der Waals surface area contributed by atoms with E-state index in [0.717, 1.165) is 29.9 Å². The highest BCUT2D eigenvalue weighted by atomic mass is 35.5. The molecule has 1 N–H and O–H groups in total. The first-order valence-corrected chi connectivity index (χ1v) is 15.0. The van der Waals surface area contributed by atoms with Crippen molar-refractivity contribution in [1.29, 1.82) is 0 Å². The monoisotopic (exact) mass is 569 g/mol. The number of hydrogen-bond acceptors (Lipinski definition) is 7. The number of hydrogen-bond donors (Lipinski definition) is 1. The lowest BCUT2D eigenvalue weighted by Crippen LogP contribution is -2.51. The van der Waals surface area contributed by atoms with Gasteiger partial charge in [0.05, 0.1) is 11.7 Å². The quantitative estimate of drug-likeness (QED) is 0.343. The van der Waals surface area contributed by atoms with E-state index in [-0.39, 0.29) is 24.9 Å². The lowest BCUT2D eigenvalue weighted by atomic mass is 9.96. The molecule has 12 heteroatoms. The molecule has 0 bridgehead atoms. The first-order valence-electron chi connectivity index (χ1n) is 12.5. The number of nitrogens with zero attached hydrogens (tertiary/aromatic N) is 5. The fourth-order valence-electron chi connectivity index (χ4n) is 5.17. The highest BCUT2D eigenvalue weighted by Crippen LogP contribution is 2.37. The largest absolute Gasteiger partial charge is 0.353 e. The molecule has 2 aromatic rings. The Labute approximate surface area is 228 Å². The molecule has 1 aliphatic carbocycles. The smallest absolute Gasteiger partial charge is 0.266 e. The van der Waals surface area contributed by atoms with E-state index >= 15 is 0 Å². The molecule has 1 fully saturated rings. The van der Waals surface area contributed by atoms with Crippen LogP contribution in [0.25, 0.3) is 0 Å². The van der Waals surface area contributed by atoms with Gasteiger partial charge in [-0.25, -0.2) is 9.97 Å². The van der Waals surface area contributed by atoms with Crippen LogP contribution in [0.15, 0.2) is 30.6 Å². The van der Waals surface area contributed by atoms with Crippen LogP contribution in [0.3, 0.4) is 0 Å². The zero-order chi connectivity index (χ0) is 26.6. The summed E-state index contributed by atoms with van der Waals surface area (Å²) < 4.78 is 31.9. The zero-order valence-corrected chi connectivity index (χ0v) is 23.2. The van der Waals surface area contributed by atoms with Gasteiger partial charge in [0, 0.05) is 68.0 Å². The van der Waals surface area contributed by atoms with Crippen LogP contribution in [0.1, 0.15) is 42.0 Å². The predicted molar refractivity (Wildman–Crippen MR) is 145 cm³/mol. The number of alkyl halides is 1. The third-order valence-electron chi connectivity index (χ3n) is 7.22. The fraction of sp³-hybridized carbons (Fsp3) is 0.560. The van der Waals surface area contributed by atoms with Gasteiger partial charge in [0.1, 0.15) is 12.1 Å². The molecule has 37 heavy (non-hydrogen) atoms. The zero-order valence-electron chi connectivity index (χ0n) is 20.9. The predicted octanol–water partition coefficient (Wildman–Crippen LogP) is 3.04. The summed E-state index contributed by atoms with van der Waals surface area (Å²) in [7, 11) is -4.14. The van der Waals surface area contributed by atoms with E-state index in [0.29, 0.717) is 43.7 Å². The number of carbonyl (C=O) groups excluding carboxylic acids is 1. The van der Waals surface area contributed by atoms with Crippen LogP contribution < -0.4 is 4.90 Å². The van der Waals surface area contributed by atoms with Crippen molar-refractivity contribution in [3.63, 3.8) is 0 Å². The Bertz CT molecular complexity index is 1190. The third-order valence-corrected chi connectivity index (χ3v) is 8.34. The number of aromatic nitrogens is 2. The molecule has 2 heterocycles. The average Bonchev–Trinajstić information content (AvgIpc) is 3.26. The molecule has 4 rings (SSSR count). The van der Waals surface area contributed by atoms with Gasteiger partial charge in [0.2, 0.25) is 5.91 Å². The summed E-state index contributed by atoms with van der Waals surface area (Å²) in [5, 5.41) is 0.569. The minimum atomic E-state index is -4.14. The van der Waals surface area contributed by atoms with Gasteiger partial charge in [-0.1, -0.05) is 30.7 Å². The number of anilines is 1. The van der Waals surface area contributed by atoms with Gasteiger partial charge in [-0.05, 0) is 36.5 Å². The Morgan fingerprint density at radius 2 is 1.86 bits per heavy atom. The van der Waals surface area contributed by atoms with Crippen molar-refractivity contribution in [1.82, 2.24) is 19.8 Å². The fourth-order valence-corrected chi connectivity index (χ4v) is 6.03. The molecule has 2 unspecified atom stereocenters. The number of carbonyl (C=O) groups is 1. The molecule has 1 aromatic heterocycles. The van der Waals surface area contributed by atoms with Crippen LogP contribution in [-0.2, 0) is 21.3 Å². The van der Waals surface area contributed by atoms with Crippen LogP contribution in [0.5, 0.6) is 0 Å². The summed E-state index contributed by atoms with van der Waals surface area (Å²) >= 11 is 12.1. The number of fused-ring (bicyclic) bond motifs is 1. The molecule has 2 atom stereocenters. The highest BCUT2D eigenvalue weighted by molar-refractivity contribution is 7.85. The maximum atomic E-state index is 13.8. The molecule has 1 amide bonds. The number of amides is 1. The number of halogens is 2. The first-order chi connectivity index (χ1) is 17.7. The summed E-state index contributed by atoms with van der Waals surface area (Å²) in [6, 6.07) is 7.15. The second kappa shape index (κ2) is 12.3. The number of rotatable bonds is 10. The van der Waals surface area contributed by atoms with Gasteiger partial charge in [-0.2, -0.15) is 8.42 Å². The minimum Gasteiger partial charge on any atom is -0.353 e. The van der Waals surface area contributed by atoms with Gasteiger partial charge >= 0.3 is 0 Å². The van der Waals surface area contributed by atoms with E-state index in [2.05, 4.69) is 21.8 Å². The standard InChI is InChI=1S/C25H33Cl2N5O4S/c1-18-2-7-22-23(18)24(29-17-28-22)31-10-12-32(13-11-31)25(33)21(19-3-5-20(27)6-4-19)16-30(9-8-26)14-15-37(34,35)36/h3-6,17-18,21H,2,7-16H2,1H3,(H,34,35,36). The van der Waals surface area contributed by atoms with Gasteiger partial charge in [0.25, 0.3) is 10.1 Å². The van der Waals surface area contributed by atoms with E-state index < -0.39 is 21.8 Å². The van der Waals surface area contributed by atoms with E-state index in [1.165, 1.54) is 5.56 Å². The Morgan fingerprint density at radius 3 is 2.51 bits per heavy atom. The van der Waals surface area contributed by atoms with Crippen molar-refractivity contribution in [2.75, 3.05) is 62.3 Å². The molecule has 202 valence electrons. The Hall–Kier alpha value is -1.98. The normalized spacial score (nSPS) is 18.8. The third kappa shape index (κ3) is 7.11. The van der Waals surface area contributed by atoms with Gasteiger partial charge in [0.15, 0.2) is 0 Å². The number of benzene rings is 1. The topological polar surface area (TPSA) is 107 Å². The summed E-state index contributed by atoms with van der Waals surface area (Å²) in [6.45, 7) is 5.40. The Balaban J connectivity index is 1.49. The van der Waals surface area contributed by atoms with E-state index in [1.807, 2.05) is 17.0 Å². The first kappa shape index (κ1) is 28.0. The summed E-state index contributed by atoms with van der Waals surface area (Å²) in [5.74, 6) is 0.691. The Morgan fingerprint density at radius 1 is 1.16 bits per heavy atom. The maximum Gasteiger partial charge on any atom is 0.266 e. The van der Waals surface area contributed by atoms with Crippen LogP contribution in [0.4, 0.5) is 5.82 Å². The molecular weight excluding hydrogens is 537 g/mol. The van der Waals surface area contributed by atoms with E-state index in [1.54, 1.807) is 23.4 Å². The van der Waals surface area contributed by atoms with Crippen LogP contribution in [0, 0.1) is 0 Å². The lowest BCUT2D eigenvalue weighted by molar-refractivity contribution is -0.133. The van der Waals surface area contributed by atoms with Gasteiger partial charge < -0.3 is 9.80 Å². The van der Waals surface area contributed by atoms with Crippen molar-refractivity contribution in [2.24, 2.45) is 0 Å². The summed E-state index contributed by atoms with van der Waals surface area (Å²) in [4.78, 5) is 28.8. The maximum absolute atomic E-state index is 13.8. The van der Waals surface area contributed by atoms with Crippen molar-refractivity contribution in [2.45, 2.75) is 31.6 Å². The average molecular weight is 571 g/mol. The second-order valence-corrected chi connectivity index (χ2v) is 12.1. The Kier molecular flexibility index (Phi) is 9.29. The van der Waals surface area contributed by atoms with Crippen LogP contribution in [-0.4, -0.2) is 96.1 Å². The van der Waals surface area contributed by atoms with Crippen molar-refractivity contribution >= 4 is 45.0 Å².